The molecule has 140 valence electrons. The van der Waals surface area contributed by atoms with E-state index in [0.717, 1.165) is 30.8 Å². The summed E-state index contributed by atoms with van der Waals surface area (Å²) in [6.07, 6.45) is 2.28. The number of sulfonamides is 1. The van der Waals surface area contributed by atoms with Crippen LogP contribution in [0.5, 0.6) is 0 Å². The first-order valence-corrected chi connectivity index (χ1v) is 11.4. The quantitative estimate of drug-likeness (QED) is 0.794. The molecule has 1 N–H and O–H groups in total. The number of rotatable bonds is 4. The van der Waals surface area contributed by atoms with E-state index in [1.807, 2.05) is 4.90 Å². The predicted octanol–water partition coefficient (Wildman–Crippen LogP) is 0.549. The number of piperidine rings is 1. The fraction of sp³-hybridized carbons (Fsp3) is 0.688. The molecule has 2 aliphatic heterocycles. The van der Waals surface area contributed by atoms with E-state index in [9.17, 15) is 13.2 Å². The average molecular weight is 407 g/mol. The van der Waals surface area contributed by atoms with Crippen molar-refractivity contribution in [3.8, 4) is 0 Å². The molecule has 2 fully saturated rings. The summed E-state index contributed by atoms with van der Waals surface area (Å²) in [6.45, 7) is 6.56. The Morgan fingerprint density at radius 2 is 2.04 bits per heavy atom. The first kappa shape index (κ1) is 19.1. The lowest BCUT2D eigenvalue weighted by Gasteiger charge is -2.34. The zero-order valence-electron chi connectivity index (χ0n) is 14.4. The van der Waals surface area contributed by atoms with Crippen molar-refractivity contribution in [3.05, 3.63) is 16.5 Å². The Bertz CT molecular complexity index is 714. The van der Waals surface area contributed by atoms with Gasteiger partial charge >= 0.3 is 0 Å². The summed E-state index contributed by atoms with van der Waals surface area (Å²) in [5.41, 5.74) is 0. The minimum absolute atomic E-state index is 0.197. The smallest absolute Gasteiger partial charge is 0.277 e. The maximum atomic E-state index is 12.6. The van der Waals surface area contributed by atoms with Gasteiger partial charge < -0.3 is 9.80 Å². The lowest BCUT2D eigenvalue weighted by Crippen LogP contribution is -3.15. The fourth-order valence-corrected chi connectivity index (χ4v) is 6.60. The maximum absolute atomic E-state index is 12.6. The molecule has 0 radical (unpaired) electrons. The van der Waals surface area contributed by atoms with Crippen LogP contribution in [0, 0.1) is 5.92 Å². The number of hydrogen-bond donors (Lipinski definition) is 1. The summed E-state index contributed by atoms with van der Waals surface area (Å²) in [4.78, 5) is 15.6. The van der Waals surface area contributed by atoms with Crippen LogP contribution in [0.25, 0.3) is 0 Å². The second-order valence-corrected chi connectivity index (χ2v) is 10.9. The van der Waals surface area contributed by atoms with Crippen LogP contribution in [0.15, 0.2) is 16.3 Å². The Morgan fingerprint density at radius 3 is 2.64 bits per heavy atom. The summed E-state index contributed by atoms with van der Waals surface area (Å²) < 4.78 is 27.5. The van der Waals surface area contributed by atoms with Gasteiger partial charge in [0.25, 0.3) is 15.9 Å². The standard InChI is InChI=1S/C16H24ClN3O3S2/c1-13-3-2-6-19(11-13)15(21)12-18-7-9-20(10-8-18)25(22,23)16-5-4-14(17)24-16/h4-5,13H,2-3,6-12H2,1H3/p+1/t13-/m0/s1. The van der Waals surface area contributed by atoms with E-state index < -0.39 is 10.0 Å². The van der Waals surface area contributed by atoms with E-state index >= 15 is 0 Å². The average Bonchev–Trinajstić information content (AvgIpc) is 3.03. The van der Waals surface area contributed by atoms with Crippen molar-refractivity contribution in [2.24, 2.45) is 5.92 Å². The number of carbonyl (C=O) groups excluding carboxylic acids is 1. The van der Waals surface area contributed by atoms with Gasteiger partial charge in [0.2, 0.25) is 0 Å². The van der Waals surface area contributed by atoms with Crippen molar-refractivity contribution in [2.45, 2.75) is 24.0 Å². The Balaban J connectivity index is 1.52. The molecule has 3 rings (SSSR count). The van der Waals surface area contributed by atoms with Gasteiger partial charge in [0.1, 0.15) is 4.21 Å². The van der Waals surface area contributed by atoms with Crippen LogP contribution in [0.4, 0.5) is 0 Å². The van der Waals surface area contributed by atoms with Crippen LogP contribution in [0.2, 0.25) is 4.34 Å². The molecule has 3 heterocycles. The molecule has 1 aromatic heterocycles. The molecule has 0 saturated carbocycles. The number of likely N-dealkylation sites (tertiary alicyclic amines) is 1. The van der Waals surface area contributed by atoms with Crippen molar-refractivity contribution < 1.29 is 18.1 Å². The molecule has 9 heteroatoms. The molecule has 0 spiro atoms. The van der Waals surface area contributed by atoms with Gasteiger partial charge in [-0.05, 0) is 30.9 Å². The highest BCUT2D eigenvalue weighted by Crippen LogP contribution is 2.28. The number of thiophene rings is 1. The molecule has 0 unspecified atom stereocenters. The summed E-state index contributed by atoms with van der Waals surface area (Å²) in [7, 11) is -3.46. The van der Waals surface area contributed by atoms with Crippen LogP contribution >= 0.6 is 22.9 Å². The highest BCUT2D eigenvalue weighted by molar-refractivity contribution is 7.91. The van der Waals surface area contributed by atoms with Crippen molar-refractivity contribution in [1.82, 2.24) is 9.21 Å². The third-order valence-corrected chi connectivity index (χ3v) is 8.58. The maximum Gasteiger partial charge on any atom is 0.277 e. The minimum Gasteiger partial charge on any atom is -0.338 e. The third kappa shape index (κ3) is 4.54. The second kappa shape index (κ2) is 7.92. The van der Waals surface area contributed by atoms with E-state index in [2.05, 4.69) is 6.92 Å². The van der Waals surface area contributed by atoms with Crippen molar-refractivity contribution >= 4 is 38.9 Å². The van der Waals surface area contributed by atoms with E-state index in [4.69, 9.17) is 11.6 Å². The molecule has 25 heavy (non-hydrogen) atoms. The molecule has 1 aromatic rings. The normalized spacial score (nSPS) is 23.8. The van der Waals surface area contributed by atoms with Gasteiger partial charge in [-0.1, -0.05) is 18.5 Å². The Hall–Kier alpha value is -0.670. The number of carbonyl (C=O) groups is 1. The molecule has 0 bridgehead atoms. The lowest BCUT2D eigenvalue weighted by atomic mass is 10.0. The fourth-order valence-electron chi connectivity index (χ4n) is 3.52. The molecule has 1 atom stereocenters. The Labute approximate surface area is 158 Å². The van der Waals surface area contributed by atoms with Gasteiger partial charge in [-0.25, -0.2) is 8.42 Å². The van der Waals surface area contributed by atoms with Gasteiger partial charge in [0.05, 0.1) is 30.5 Å². The van der Waals surface area contributed by atoms with Crippen LogP contribution in [0.1, 0.15) is 19.8 Å². The van der Waals surface area contributed by atoms with E-state index in [-0.39, 0.29) is 5.91 Å². The lowest BCUT2D eigenvalue weighted by molar-refractivity contribution is -0.896. The molecular formula is C16H25ClN3O3S2+. The second-order valence-electron chi connectivity index (χ2n) is 6.98. The number of nitrogens with zero attached hydrogens (tertiary/aromatic N) is 2. The number of nitrogens with one attached hydrogen (secondary N) is 1. The van der Waals surface area contributed by atoms with Gasteiger partial charge in [-0.3, -0.25) is 4.79 Å². The molecular weight excluding hydrogens is 382 g/mol. The number of halogens is 1. The van der Waals surface area contributed by atoms with Crippen LogP contribution in [-0.2, 0) is 14.8 Å². The Kier molecular flexibility index (Phi) is 6.05. The number of piperazine rings is 1. The number of amides is 1. The van der Waals surface area contributed by atoms with Gasteiger partial charge in [-0.2, -0.15) is 4.31 Å². The summed E-state index contributed by atoms with van der Waals surface area (Å²) in [6, 6.07) is 3.17. The molecule has 2 aliphatic rings. The molecule has 0 aliphatic carbocycles. The molecule has 2 saturated heterocycles. The molecule has 6 nitrogen and oxygen atoms in total. The summed E-state index contributed by atoms with van der Waals surface area (Å²) >= 11 is 6.95. The first-order chi connectivity index (χ1) is 11.9. The zero-order valence-corrected chi connectivity index (χ0v) is 16.8. The zero-order chi connectivity index (χ0) is 18.0. The first-order valence-electron chi connectivity index (χ1n) is 8.73. The van der Waals surface area contributed by atoms with E-state index in [1.165, 1.54) is 15.6 Å². The van der Waals surface area contributed by atoms with Gasteiger partial charge in [0.15, 0.2) is 6.54 Å². The predicted molar refractivity (Wildman–Crippen MR) is 98.6 cm³/mol. The third-order valence-electron chi connectivity index (χ3n) is 4.98. The van der Waals surface area contributed by atoms with Gasteiger partial charge in [0, 0.05) is 13.1 Å². The molecule has 0 aromatic carbocycles. The van der Waals surface area contributed by atoms with Gasteiger partial charge in [-0.15, -0.1) is 11.3 Å². The van der Waals surface area contributed by atoms with Crippen molar-refractivity contribution in [1.29, 1.82) is 0 Å². The van der Waals surface area contributed by atoms with Crippen molar-refractivity contribution in [2.75, 3.05) is 45.8 Å². The highest BCUT2D eigenvalue weighted by atomic mass is 35.5. The van der Waals surface area contributed by atoms with E-state index in [1.54, 1.807) is 12.1 Å². The molecule has 1 amide bonds. The Morgan fingerprint density at radius 1 is 1.32 bits per heavy atom. The number of quaternary nitrogens is 1. The van der Waals surface area contributed by atoms with Crippen LogP contribution in [-0.4, -0.2) is 69.3 Å². The number of hydrogen-bond acceptors (Lipinski definition) is 4. The van der Waals surface area contributed by atoms with Crippen LogP contribution in [0.3, 0.4) is 0 Å². The summed E-state index contributed by atoms with van der Waals surface area (Å²) in [5.74, 6) is 0.773. The monoisotopic (exact) mass is 406 g/mol. The SMILES string of the molecule is C[C@H]1CCCN(C(=O)C[NH+]2CCN(S(=O)(=O)c3ccc(Cl)s3)CC2)C1. The summed E-state index contributed by atoms with van der Waals surface area (Å²) in [5, 5.41) is 0. The highest BCUT2D eigenvalue weighted by Gasteiger charge is 2.33. The van der Waals surface area contributed by atoms with E-state index in [0.29, 0.717) is 47.2 Å². The largest absolute Gasteiger partial charge is 0.338 e. The van der Waals surface area contributed by atoms with Crippen molar-refractivity contribution in [3.63, 3.8) is 0 Å². The minimum atomic E-state index is -3.46. The van der Waals surface area contributed by atoms with Crippen LogP contribution < -0.4 is 4.90 Å². The topological polar surface area (TPSA) is 62.1 Å².